The molecule has 2 N–H and O–H groups in total. The third-order valence-electron chi connectivity index (χ3n) is 5.98. The second kappa shape index (κ2) is 9.63. The number of likely N-dealkylation sites (N-methyl/N-ethyl adjacent to an activating group) is 1. The Labute approximate surface area is 168 Å². The van der Waals surface area contributed by atoms with Crippen LogP contribution in [0.4, 0.5) is 4.39 Å². The summed E-state index contributed by atoms with van der Waals surface area (Å²) in [5, 5.41) is 0. The fourth-order valence-electron chi connectivity index (χ4n) is 4.11. The van der Waals surface area contributed by atoms with Crippen molar-refractivity contribution in [2.45, 2.75) is 37.3 Å². The molecule has 6 heteroatoms. The van der Waals surface area contributed by atoms with Crippen LogP contribution >= 0.6 is 0 Å². The number of hydrogen-bond donors (Lipinski definition) is 1. The third-order valence-corrected chi connectivity index (χ3v) is 5.98. The fraction of sp³-hybridized carbons (Fsp3) is 0.591. The van der Waals surface area contributed by atoms with E-state index in [2.05, 4.69) is 23.4 Å². The van der Waals surface area contributed by atoms with E-state index < -0.39 is 6.04 Å². The average Bonchev–Trinajstić information content (AvgIpc) is 3.48. The first-order valence-electron chi connectivity index (χ1n) is 10.3. The molecule has 1 heterocycles. The number of rotatable bonds is 9. The molecule has 2 aliphatic rings. The SMILES string of the molecule is C=CCN(CCC[C@@H](N)C(=O)N1CCN(C)CC1)C1C[C@H]1c1ccc(F)cc1. The quantitative estimate of drug-likeness (QED) is 0.658. The van der Waals surface area contributed by atoms with Gasteiger partial charge >= 0.3 is 0 Å². The summed E-state index contributed by atoms with van der Waals surface area (Å²) in [5.41, 5.74) is 7.38. The molecule has 1 aliphatic heterocycles. The van der Waals surface area contributed by atoms with Crippen molar-refractivity contribution >= 4 is 5.91 Å². The Morgan fingerprint density at radius 3 is 2.64 bits per heavy atom. The number of piperazine rings is 1. The number of nitrogens with two attached hydrogens (primary N) is 1. The van der Waals surface area contributed by atoms with E-state index in [4.69, 9.17) is 5.73 Å². The van der Waals surface area contributed by atoms with Gasteiger partial charge < -0.3 is 15.5 Å². The Kier molecular flexibility index (Phi) is 7.21. The van der Waals surface area contributed by atoms with E-state index in [1.807, 2.05) is 23.1 Å². The van der Waals surface area contributed by atoms with E-state index in [0.717, 1.165) is 52.1 Å². The molecule has 154 valence electrons. The molecule has 1 saturated carbocycles. The number of halogens is 1. The Bertz CT molecular complexity index is 657. The van der Waals surface area contributed by atoms with Gasteiger partial charge in [0.1, 0.15) is 5.82 Å². The molecule has 0 bridgehead atoms. The predicted octanol–water partition coefficient (Wildman–Crippen LogP) is 2.05. The maximum Gasteiger partial charge on any atom is 0.239 e. The van der Waals surface area contributed by atoms with Crippen molar-refractivity contribution in [1.82, 2.24) is 14.7 Å². The van der Waals surface area contributed by atoms with Crippen LogP contribution in [0.5, 0.6) is 0 Å². The van der Waals surface area contributed by atoms with E-state index in [1.165, 1.54) is 17.7 Å². The molecule has 0 spiro atoms. The second-order valence-corrected chi connectivity index (χ2v) is 8.12. The maximum atomic E-state index is 13.1. The number of amides is 1. The smallest absolute Gasteiger partial charge is 0.239 e. The predicted molar refractivity (Wildman–Crippen MR) is 111 cm³/mol. The minimum atomic E-state index is -0.416. The van der Waals surface area contributed by atoms with Gasteiger partial charge in [0.2, 0.25) is 5.91 Å². The van der Waals surface area contributed by atoms with Crippen molar-refractivity contribution in [2.75, 3.05) is 46.3 Å². The molecule has 1 aromatic rings. The van der Waals surface area contributed by atoms with Gasteiger partial charge in [-0.2, -0.15) is 0 Å². The van der Waals surface area contributed by atoms with Crippen LogP contribution in [0.2, 0.25) is 0 Å². The van der Waals surface area contributed by atoms with Crippen LogP contribution in [0.3, 0.4) is 0 Å². The van der Waals surface area contributed by atoms with Crippen molar-refractivity contribution < 1.29 is 9.18 Å². The zero-order valence-electron chi connectivity index (χ0n) is 16.9. The van der Waals surface area contributed by atoms with Crippen LogP contribution in [0.15, 0.2) is 36.9 Å². The van der Waals surface area contributed by atoms with Gasteiger partial charge in [-0.3, -0.25) is 9.69 Å². The average molecular weight is 389 g/mol. The van der Waals surface area contributed by atoms with E-state index in [9.17, 15) is 9.18 Å². The number of benzene rings is 1. The van der Waals surface area contributed by atoms with Gasteiger partial charge in [0.05, 0.1) is 6.04 Å². The molecule has 1 aromatic carbocycles. The molecular weight excluding hydrogens is 355 g/mol. The Balaban J connectivity index is 1.44. The fourth-order valence-corrected chi connectivity index (χ4v) is 4.11. The Hall–Kier alpha value is -1.76. The van der Waals surface area contributed by atoms with E-state index in [0.29, 0.717) is 18.4 Å². The zero-order valence-corrected chi connectivity index (χ0v) is 16.9. The molecule has 1 amide bonds. The van der Waals surface area contributed by atoms with Crippen LogP contribution in [-0.2, 0) is 4.79 Å². The summed E-state index contributed by atoms with van der Waals surface area (Å²) in [6.45, 7) is 8.97. The van der Waals surface area contributed by atoms with E-state index in [-0.39, 0.29) is 11.7 Å². The summed E-state index contributed by atoms with van der Waals surface area (Å²) >= 11 is 0. The maximum absolute atomic E-state index is 13.1. The zero-order chi connectivity index (χ0) is 20.1. The van der Waals surface area contributed by atoms with Gasteiger partial charge in [-0.25, -0.2) is 4.39 Å². The lowest BCUT2D eigenvalue weighted by Crippen LogP contribution is -2.52. The normalized spacial score (nSPS) is 23.6. The second-order valence-electron chi connectivity index (χ2n) is 8.12. The van der Waals surface area contributed by atoms with Gasteiger partial charge in [-0.1, -0.05) is 18.2 Å². The molecule has 3 atom stereocenters. The van der Waals surface area contributed by atoms with Crippen LogP contribution in [0.25, 0.3) is 0 Å². The van der Waals surface area contributed by atoms with Crippen molar-refractivity contribution in [2.24, 2.45) is 5.73 Å². The monoisotopic (exact) mass is 388 g/mol. The summed E-state index contributed by atoms with van der Waals surface area (Å²) in [7, 11) is 2.08. The van der Waals surface area contributed by atoms with Crippen LogP contribution < -0.4 is 5.73 Å². The van der Waals surface area contributed by atoms with Crippen LogP contribution in [-0.4, -0.2) is 79.0 Å². The molecular formula is C22H33FN4O. The lowest BCUT2D eigenvalue weighted by atomic mass is 10.1. The summed E-state index contributed by atoms with van der Waals surface area (Å²) in [5.74, 6) is 0.350. The summed E-state index contributed by atoms with van der Waals surface area (Å²) < 4.78 is 13.1. The largest absolute Gasteiger partial charge is 0.339 e. The van der Waals surface area contributed by atoms with E-state index >= 15 is 0 Å². The van der Waals surface area contributed by atoms with E-state index in [1.54, 1.807) is 0 Å². The summed E-state index contributed by atoms with van der Waals surface area (Å²) in [4.78, 5) is 19.1. The van der Waals surface area contributed by atoms with Crippen molar-refractivity contribution in [1.29, 1.82) is 0 Å². The van der Waals surface area contributed by atoms with Gasteiger partial charge in [0, 0.05) is 44.7 Å². The Morgan fingerprint density at radius 1 is 1.32 bits per heavy atom. The first-order chi connectivity index (χ1) is 13.5. The number of hydrogen-bond acceptors (Lipinski definition) is 4. The topological polar surface area (TPSA) is 52.8 Å². The highest BCUT2D eigenvalue weighted by Crippen LogP contribution is 2.44. The number of carbonyl (C=O) groups excluding carboxylic acids is 1. The minimum Gasteiger partial charge on any atom is -0.339 e. The molecule has 5 nitrogen and oxygen atoms in total. The highest BCUT2D eigenvalue weighted by molar-refractivity contribution is 5.81. The molecule has 3 rings (SSSR count). The molecule has 1 saturated heterocycles. The van der Waals surface area contributed by atoms with Crippen molar-refractivity contribution in [3.8, 4) is 0 Å². The van der Waals surface area contributed by atoms with Gasteiger partial charge in [0.25, 0.3) is 0 Å². The summed E-state index contributed by atoms with van der Waals surface area (Å²) in [6.07, 6.45) is 4.61. The first-order valence-corrected chi connectivity index (χ1v) is 10.3. The minimum absolute atomic E-state index is 0.0824. The lowest BCUT2D eigenvalue weighted by Gasteiger charge is -2.34. The van der Waals surface area contributed by atoms with Gasteiger partial charge in [0.15, 0.2) is 0 Å². The highest BCUT2D eigenvalue weighted by atomic mass is 19.1. The van der Waals surface area contributed by atoms with Gasteiger partial charge in [-0.15, -0.1) is 6.58 Å². The molecule has 0 aromatic heterocycles. The van der Waals surface area contributed by atoms with Crippen LogP contribution in [0.1, 0.15) is 30.7 Å². The first kappa shape index (κ1) is 21.0. The number of carbonyl (C=O) groups is 1. The molecule has 1 aliphatic carbocycles. The molecule has 0 radical (unpaired) electrons. The highest BCUT2D eigenvalue weighted by Gasteiger charge is 2.42. The van der Waals surface area contributed by atoms with Crippen LogP contribution in [0, 0.1) is 5.82 Å². The lowest BCUT2D eigenvalue weighted by molar-refractivity contribution is -0.134. The summed E-state index contributed by atoms with van der Waals surface area (Å²) in [6, 6.07) is 6.89. The van der Waals surface area contributed by atoms with Gasteiger partial charge in [-0.05, 0) is 50.6 Å². The third kappa shape index (κ3) is 5.40. The number of nitrogens with zero attached hydrogens (tertiary/aromatic N) is 3. The molecule has 28 heavy (non-hydrogen) atoms. The Morgan fingerprint density at radius 2 is 2.00 bits per heavy atom. The van der Waals surface area contributed by atoms with Crippen molar-refractivity contribution in [3.63, 3.8) is 0 Å². The molecule has 2 fully saturated rings. The van der Waals surface area contributed by atoms with Crippen molar-refractivity contribution in [3.05, 3.63) is 48.3 Å². The molecule has 1 unspecified atom stereocenters. The standard InChI is InChI=1S/C22H33FN4O/c1-3-10-26(21-16-19(21)17-6-8-18(23)9-7-17)11-4-5-20(24)22(28)27-14-12-25(2)13-15-27/h3,6-9,19-21H,1,4-5,10-16,24H2,2H3/t19-,20+,21?/m0/s1.